The number of fused-ring (bicyclic) bond motifs is 1. The van der Waals surface area contributed by atoms with Crippen LogP contribution in [0.5, 0.6) is 0 Å². The van der Waals surface area contributed by atoms with Gasteiger partial charge in [0.25, 0.3) is 0 Å². The summed E-state index contributed by atoms with van der Waals surface area (Å²) in [5.74, 6) is 2.61. The van der Waals surface area contributed by atoms with E-state index in [9.17, 15) is 0 Å². The Bertz CT molecular complexity index is 547. The summed E-state index contributed by atoms with van der Waals surface area (Å²) >= 11 is 1.67. The first-order valence-corrected chi connectivity index (χ1v) is 7.30. The number of thiophene rings is 1. The summed E-state index contributed by atoms with van der Waals surface area (Å²) in [5.41, 5.74) is 0. The highest BCUT2D eigenvalue weighted by Gasteiger charge is 2.21. The SMILES string of the molecule is CNc1nc(N(C)CC2CCC2)c2ccsc2n1. The van der Waals surface area contributed by atoms with E-state index in [1.54, 1.807) is 11.3 Å². The molecular weight excluding hydrogens is 244 g/mol. The van der Waals surface area contributed by atoms with E-state index in [1.165, 1.54) is 24.6 Å². The lowest BCUT2D eigenvalue weighted by molar-refractivity contribution is 0.321. The minimum atomic E-state index is 0.709. The molecule has 1 N–H and O–H groups in total. The average Bonchev–Trinajstić information content (AvgIpc) is 2.80. The standard InChI is InChI=1S/C13H18N4S/c1-14-13-15-11(10-6-7-18-12(10)16-13)17(2)8-9-4-3-5-9/h6-7,9H,3-5,8H2,1-2H3,(H,14,15,16). The largest absolute Gasteiger partial charge is 0.359 e. The lowest BCUT2D eigenvalue weighted by Gasteiger charge is -2.31. The highest BCUT2D eigenvalue weighted by Crippen LogP contribution is 2.32. The van der Waals surface area contributed by atoms with Crippen LogP contribution in [0.15, 0.2) is 11.4 Å². The predicted octanol–water partition coefficient (Wildman–Crippen LogP) is 2.97. The molecule has 5 heteroatoms. The van der Waals surface area contributed by atoms with Crippen molar-refractivity contribution in [3.63, 3.8) is 0 Å². The first-order valence-electron chi connectivity index (χ1n) is 6.42. The number of anilines is 2. The van der Waals surface area contributed by atoms with Gasteiger partial charge >= 0.3 is 0 Å². The van der Waals surface area contributed by atoms with Crippen molar-refractivity contribution in [2.45, 2.75) is 19.3 Å². The minimum Gasteiger partial charge on any atom is -0.359 e. The maximum atomic E-state index is 4.61. The van der Waals surface area contributed by atoms with Crippen molar-refractivity contribution >= 4 is 33.3 Å². The van der Waals surface area contributed by atoms with Crippen LogP contribution in [0.25, 0.3) is 10.2 Å². The number of nitrogens with zero attached hydrogens (tertiary/aromatic N) is 3. The van der Waals surface area contributed by atoms with E-state index in [1.807, 2.05) is 7.05 Å². The van der Waals surface area contributed by atoms with E-state index >= 15 is 0 Å². The van der Waals surface area contributed by atoms with Gasteiger partial charge in [0.1, 0.15) is 10.6 Å². The van der Waals surface area contributed by atoms with E-state index in [0.717, 1.165) is 23.1 Å². The molecule has 1 aliphatic rings. The molecule has 0 radical (unpaired) electrons. The second kappa shape index (κ2) is 4.72. The minimum absolute atomic E-state index is 0.709. The van der Waals surface area contributed by atoms with Gasteiger partial charge in [0.05, 0.1) is 5.39 Å². The normalized spacial score (nSPS) is 15.7. The Labute approximate surface area is 111 Å². The Morgan fingerprint density at radius 1 is 1.44 bits per heavy atom. The zero-order valence-electron chi connectivity index (χ0n) is 10.8. The van der Waals surface area contributed by atoms with Crippen LogP contribution in [0.3, 0.4) is 0 Å². The van der Waals surface area contributed by atoms with E-state index in [-0.39, 0.29) is 0 Å². The van der Waals surface area contributed by atoms with Gasteiger partial charge in [-0.05, 0) is 30.2 Å². The molecule has 0 saturated heterocycles. The van der Waals surface area contributed by atoms with Gasteiger partial charge in [-0.1, -0.05) is 6.42 Å². The molecule has 0 amide bonds. The third kappa shape index (κ3) is 2.03. The van der Waals surface area contributed by atoms with Crippen molar-refractivity contribution in [3.8, 4) is 0 Å². The fourth-order valence-electron chi connectivity index (χ4n) is 2.39. The van der Waals surface area contributed by atoms with Crippen LogP contribution in [0.4, 0.5) is 11.8 Å². The molecule has 2 heterocycles. The van der Waals surface area contributed by atoms with Crippen LogP contribution < -0.4 is 10.2 Å². The number of aromatic nitrogens is 2. The smallest absolute Gasteiger partial charge is 0.225 e. The monoisotopic (exact) mass is 262 g/mol. The zero-order chi connectivity index (χ0) is 12.5. The fourth-order valence-corrected chi connectivity index (χ4v) is 3.15. The Morgan fingerprint density at radius 3 is 2.94 bits per heavy atom. The fraction of sp³-hybridized carbons (Fsp3) is 0.538. The molecule has 0 aliphatic heterocycles. The molecule has 2 aromatic heterocycles. The zero-order valence-corrected chi connectivity index (χ0v) is 11.6. The Balaban J connectivity index is 1.94. The van der Waals surface area contributed by atoms with Crippen molar-refractivity contribution in [2.24, 2.45) is 5.92 Å². The number of rotatable bonds is 4. The third-order valence-corrected chi connectivity index (χ3v) is 4.45. The molecule has 0 unspecified atom stereocenters. The topological polar surface area (TPSA) is 41.1 Å². The quantitative estimate of drug-likeness (QED) is 0.919. The first kappa shape index (κ1) is 11.7. The van der Waals surface area contributed by atoms with Crippen LogP contribution in [-0.4, -0.2) is 30.6 Å². The average molecular weight is 262 g/mol. The maximum Gasteiger partial charge on any atom is 0.225 e. The molecule has 18 heavy (non-hydrogen) atoms. The molecule has 0 spiro atoms. The third-order valence-electron chi connectivity index (χ3n) is 3.65. The van der Waals surface area contributed by atoms with Crippen LogP contribution in [0, 0.1) is 5.92 Å². The predicted molar refractivity (Wildman–Crippen MR) is 77.6 cm³/mol. The van der Waals surface area contributed by atoms with E-state index < -0.39 is 0 Å². The molecule has 0 aromatic carbocycles. The van der Waals surface area contributed by atoms with Gasteiger partial charge in [0, 0.05) is 20.6 Å². The second-order valence-corrected chi connectivity index (χ2v) is 5.83. The lowest BCUT2D eigenvalue weighted by atomic mass is 9.85. The summed E-state index contributed by atoms with van der Waals surface area (Å²) in [6, 6.07) is 2.12. The molecule has 1 aliphatic carbocycles. The summed E-state index contributed by atoms with van der Waals surface area (Å²) < 4.78 is 0. The van der Waals surface area contributed by atoms with Gasteiger partial charge in [0.15, 0.2) is 0 Å². The van der Waals surface area contributed by atoms with Gasteiger partial charge in [-0.25, -0.2) is 4.98 Å². The number of hydrogen-bond acceptors (Lipinski definition) is 5. The van der Waals surface area contributed by atoms with Crippen LogP contribution in [0.1, 0.15) is 19.3 Å². The number of hydrogen-bond donors (Lipinski definition) is 1. The summed E-state index contributed by atoms with van der Waals surface area (Å²) in [6.07, 6.45) is 4.11. The number of nitrogens with one attached hydrogen (secondary N) is 1. The van der Waals surface area contributed by atoms with E-state index in [0.29, 0.717) is 5.95 Å². The summed E-state index contributed by atoms with van der Waals surface area (Å²) in [6.45, 7) is 1.10. The maximum absolute atomic E-state index is 4.61. The summed E-state index contributed by atoms with van der Waals surface area (Å²) in [7, 11) is 4.00. The van der Waals surface area contributed by atoms with Crippen LogP contribution >= 0.6 is 11.3 Å². The molecule has 0 atom stereocenters. The summed E-state index contributed by atoms with van der Waals surface area (Å²) in [5, 5.41) is 6.29. The lowest BCUT2D eigenvalue weighted by Crippen LogP contribution is -2.30. The molecule has 0 bridgehead atoms. The van der Waals surface area contributed by atoms with Gasteiger partial charge in [-0.2, -0.15) is 4.98 Å². The van der Waals surface area contributed by atoms with Crippen molar-refractivity contribution in [1.82, 2.24) is 9.97 Å². The molecule has 1 fully saturated rings. The highest BCUT2D eigenvalue weighted by molar-refractivity contribution is 7.16. The van der Waals surface area contributed by atoms with E-state index in [2.05, 4.69) is 38.7 Å². The Kier molecular flexibility index (Phi) is 3.07. The molecule has 4 nitrogen and oxygen atoms in total. The molecule has 1 saturated carbocycles. The molecular formula is C13H18N4S. The van der Waals surface area contributed by atoms with Crippen LogP contribution in [-0.2, 0) is 0 Å². The molecule has 96 valence electrons. The van der Waals surface area contributed by atoms with Crippen molar-refractivity contribution in [3.05, 3.63) is 11.4 Å². The Morgan fingerprint density at radius 2 is 2.28 bits per heavy atom. The van der Waals surface area contributed by atoms with Gasteiger partial charge in [-0.15, -0.1) is 11.3 Å². The van der Waals surface area contributed by atoms with Crippen molar-refractivity contribution in [2.75, 3.05) is 30.9 Å². The molecule has 3 rings (SSSR count). The molecule has 2 aromatic rings. The van der Waals surface area contributed by atoms with Crippen molar-refractivity contribution in [1.29, 1.82) is 0 Å². The highest BCUT2D eigenvalue weighted by atomic mass is 32.1. The van der Waals surface area contributed by atoms with E-state index in [4.69, 9.17) is 0 Å². The van der Waals surface area contributed by atoms with Gasteiger partial charge < -0.3 is 10.2 Å². The van der Waals surface area contributed by atoms with Crippen LogP contribution in [0.2, 0.25) is 0 Å². The van der Waals surface area contributed by atoms with Gasteiger partial charge in [-0.3, -0.25) is 0 Å². The Hall–Kier alpha value is -1.36. The van der Waals surface area contributed by atoms with Gasteiger partial charge in [0.2, 0.25) is 5.95 Å². The second-order valence-electron chi connectivity index (χ2n) is 4.94. The first-order chi connectivity index (χ1) is 8.78. The van der Waals surface area contributed by atoms with Crippen molar-refractivity contribution < 1.29 is 0 Å². The summed E-state index contributed by atoms with van der Waals surface area (Å²) in [4.78, 5) is 12.4.